The van der Waals surface area contributed by atoms with Gasteiger partial charge < -0.3 is 10.5 Å². The van der Waals surface area contributed by atoms with E-state index in [4.69, 9.17) is 10.5 Å². The van der Waals surface area contributed by atoms with Crippen LogP contribution in [0.1, 0.15) is 16.8 Å². The summed E-state index contributed by atoms with van der Waals surface area (Å²) in [6, 6.07) is 6.35. The average Bonchev–Trinajstić information content (AvgIpc) is 2.87. The highest BCUT2D eigenvalue weighted by Crippen LogP contribution is 2.27. The van der Waals surface area contributed by atoms with Crippen molar-refractivity contribution < 1.29 is 4.74 Å². The van der Waals surface area contributed by atoms with Crippen molar-refractivity contribution in [2.75, 3.05) is 12.3 Å². The molecule has 0 saturated heterocycles. The predicted octanol–water partition coefficient (Wildman–Crippen LogP) is 2.25. The van der Waals surface area contributed by atoms with E-state index in [1.165, 1.54) is 22.5 Å². The zero-order valence-electron chi connectivity index (χ0n) is 8.77. The Kier molecular flexibility index (Phi) is 2.29. The molecular weight excluding hydrogens is 220 g/mol. The van der Waals surface area contributed by atoms with E-state index in [2.05, 4.69) is 17.1 Å². The number of rotatable bonds is 2. The molecule has 3 rings (SSSR count). The fraction of sp³-hybridized carbons (Fsp3) is 0.250. The Morgan fingerprint density at radius 2 is 2.38 bits per heavy atom. The summed E-state index contributed by atoms with van der Waals surface area (Å²) >= 11 is 1.49. The van der Waals surface area contributed by atoms with Crippen LogP contribution in [0.2, 0.25) is 0 Å². The van der Waals surface area contributed by atoms with E-state index in [-0.39, 0.29) is 0 Å². The summed E-state index contributed by atoms with van der Waals surface area (Å²) < 4.78 is 5.47. The Balaban J connectivity index is 1.85. The van der Waals surface area contributed by atoms with Crippen molar-refractivity contribution in [3.8, 4) is 5.75 Å². The second-order valence-corrected chi connectivity index (χ2v) is 4.78. The first-order chi connectivity index (χ1) is 7.81. The number of thiazole rings is 1. The van der Waals surface area contributed by atoms with Gasteiger partial charge in [0.1, 0.15) is 5.75 Å². The third kappa shape index (κ3) is 1.76. The van der Waals surface area contributed by atoms with Gasteiger partial charge in [0.25, 0.3) is 0 Å². The molecule has 0 aliphatic carbocycles. The fourth-order valence-corrected chi connectivity index (χ4v) is 2.53. The molecule has 82 valence electrons. The van der Waals surface area contributed by atoms with Crippen molar-refractivity contribution in [3.05, 3.63) is 40.4 Å². The van der Waals surface area contributed by atoms with Gasteiger partial charge in [-0.1, -0.05) is 12.1 Å². The molecule has 0 unspecified atom stereocenters. The minimum absolute atomic E-state index is 0.638. The maximum atomic E-state index is 5.61. The van der Waals surface area contributed by atoms with E-state index in [1.807, 2.05) is 11.4 Å². The molecule has 1 aromatic carbocycles. The van der Waals surface area contributed by atoms with Gasteiger partial charge in [-0.15, -0.1) is 11.3 Å². The first-order valence-electron chi connectivity index (χ1n) is 5.26. The average molecular weight is 232 g/mol. The summed E-state index contributed by atoms with van der Waals surface area (Å²) in [7, 11) is 0. The van der Waals surface area contributed by atoms with Crippen LogP contribution in [0.25, 0.3) is 0 Å². The molecule has 0 radical (unpaired) electrons. The predicted molar refractivity (Wildman–Crippen MR) is 65.0 cm³/mol. The molecule has 0 bridgehead atoms. The molecule has 3 nitrogen and oxygen atoms in total. The first-order valence-corrected chi connectivity index (χ1v) is 6.14. The molecule has 4 heteroatoms. The minimum atomic E-state index is 0.638. The van der Waals surface area contributed by atoms with Crippen LogP contribution in [0.5, 0.6) is 5.75 Å². The number of hydrogen-bond acceptors (Lipinski definition) is 4. The van der Waals surface area contributed by atoms with Crippen molar-refractivity contribution in [2.45, 2.75) is 12.8 Å². The lowest BCUT2D eigenvalue weighted by molar-refractivity contribution is 0.357. The number of nitrogens with two attached hydrogens (primary N) is 1. The normalized spacial score (nSPS) is 13.5. The lowest BCUT2D eigenvalue weighted by Crippen LogP contribution is -1.91. The Labute approximate surface area is 97.9 Å². The van der Waals surface area contributed by atoms with Gasteiger partial charge in [0, 0.05) is 18.2 Å². The van der Waals surface area contributed by atoms with Gasteiger partial charge in [0.2, 0.25) is 0 Å². The van der Waals surface area contributed by atoms with Crippen LogP contribution < -0.4 is 10.5 Å². The number of aromatic nitrogens is 1. The lowest BCUT2D eigenvalue weighted by atomic mass is 10.1. The van der Waals surface area contributed by atoms with Crippen LogP contribution in [0.15, 0.2) is 23.6 Å². The molecule has 0 saturated carbocycles. The van der Waals surface area contributed by atoms with Crippen LogP contribution in [0.4, 0.5) is 5.13 Å². The summed E-state index contributed by atoms with van der Waals surface area (Å²) in [6.45, 7) is 0.808. The first kappa shape index (κ1) is 9.66. The van der Waals surface area contributed by atoms with E-state index >= 15 is 0 Å². The summed E-state index contributed by atoms with van der Waals surface area (Å²) in [4.78, 5) is 4.26. The highest BCUT2D eigenvalue weighted by Gasteiger charge is 2.12. The molecule has 2 N–H and O–H groups in total. The standard InChI is InChI=1S/C12H12N2OS/c13-12-14-10(7-16-12)6-8-1-2-11-9(5-8)3-4-15-11/h1-2,5,7H,3-4,6H2,(H2,13,14). The zero-order chi connectivity index (χ0) is 11.0. The maximum Gasteiger partial charge on any atom is 0.180 e. The van der Waals surface area contributed by atoms with Crippen molar-refractivity contribution >= 4 is 16.5 Å². The molecule has 0 amide bonds. The molecule has 0 atom stereocenters. The number of anilines is 1. The van der Waals surface area contributed by atoms with E-state index in [1.54, 1.807) is 0 Å². The van der Waals surface area contributed by atoms with Crippen LogP contribution in [0.3, 0.4) is 0 Å². The quantitative estimate of drug-likeness (QED) is 0.864. The molecular formula is C12H12N2OS. The summed E-state index contributed by atoms with van der Waals surface area (Å²) in [5.41, 5.74) is 9.23. The Bertz CT molecular complexity index is 521. The highest BCUT2D eigenvalue weighted by molar-refractivity contribution is 7.13. The van der Waals surface area contributed by atoms with Gasteiger partial charge >= 0.3 is 0 Å². The van der Waals surface area contributed by atoms with Gasteiger partial charge in [-0.3, -0.25) is 0 Å². The maximum absolute atomic E-state index is 5.61. The van der Waals surface area contributed by atoms with Crippen molar-refractivity contribution in [1.82, 2.24) is 4.98 Å². The van der Waals surface area contributed by atoms with Crippen LogP contribution in [-0.2, 0) is 12.8 Å². The zero-order valence-corrected chi connectivity index (χ0v) is 9.59. The molecule has 0 fully saturated rings. The molecule has 2 aromatic rings. The summed E-state index contributed by atoms with van der Waals surface area (Å²) in [5.74, 6) is 1.03. The van der Waals surface area contributed by atoms with Gasteiger partial charge in [0.05, 0.1) is 12.3 Å². The fourth-order valence-electron chi connectivity index (χ4n) is 1.96. The Hall–Kier alpha value is -1.55. The summed E-state index contributed by atoms with van der Waals surface area (Å²) in [5, 5.41) is 2.65. The Morgan fingerprint density at radius 1 is 1.44 bits per heavy atom. The van der Waals surface area contributed by atoms with Crippen molar-refractivity contribution in [3.63, 3.8) is 0 Å². The SMILES string of the molecule is Nc1nc(Cc2ccc3c(c2)CCO3)cs1. The van der Waals surface area contributed by atoms with Crippen molar-refractivity contribution in [1.29, 1.82) is 0 Å². The molecule has 1 aromatic heterocycles. The second kappa shape index (κ2) is 3.79. The van der Waals surface area contributed by atoms with Crippen LogP contribution >= 0.6 is 11.3 Å². The minimum Gasteiger partial charge on any atom is -0.493 e. The topological polar surface area (TPSA) is 48.1 Å². The monoisotopic (exact) mass is 232 g/mol. The lowest BCUT2D eigenvalue weighted by Gasteiger charge is -2.02. The van der Waals surface area contributed by atoms with E-state index in [0.29, 0.717) is 5.13 Å². The largest absolute Gasteiger partial charge is 0.493 e. The third-order valence-electron chi connectivity index (χ3n) is 2.71. The highest BCUT2D eigenvalue weighted by atomic mass is 32.1. The molecule has 0 spiro atoms. The molecule has 1 aliphatic rings. The van der Waals surface area contributed by atoms with Crippen molar-refractivity contribution in [2.24, 2.45) is 0 Å². The van der Waals surface area contributed by atoms with Gasteiger partial charge in [-0.25, -0.2) is 4.98 Å². The van der Waals surface area contributed by atoms with Gasteiger partial charge in [-0.2, -0.15) is 0 Å². The smallest absolute Gasteiger partial charge is 0.180 e. The third-order valence-corrected chi connectivity index (χ3v) is 3.43. The molecule has 16 heavy (non-hydrogen) atoms. The van der Waals surface area contributed by atoms with E-state index in [0.717, 1.165) is 30.9 Å². The number of nitrogen functional groups attached to an aromatic ring is 1. The van der Waals surface area contributed by atoms with E-state index in [9.17, 15) is 0 Å². The summed E-state index contributed by atoms with van der Waals surface area (Å²) in [6.07, 6.45) is 1.86. The number of benzene rings is 1. The van der Waals surface area contributed by atoms with Gasteiger partial charge in [-0.05, 0) is 17.2 Å². The number of hydrogen-bond donors (Lipinski definition) is 1. The number of fused-ring (bicyclic) bond motifs is 1. The van der Waals surface area contributed by atoms with E-state index < -0.39 is 0 Å². The molecule has 1 aliphatic heterocycles. The number of ether oxygens (including phenoxy) is 1. The van der Waals surface area contributed by atoms with Gasteiger partial charge in [0.15, 0.2) is 5.13 Å². The Morgan fingerprint density at radius 3 is 3.19 bits per heavy atom. The van der Waals surface area contributed by atoms with Crippen LogP contribution in [0, 0.1) is 0 Å². The second-order valence-electron chi connectivity index (χ2n) is 3.89. The molecule has 2 heterocycles. The number of nitrogens with zero attached hydrogens (tertiary/aromatic N) is 1. The van der Waals surface area contributed by atoms with Crippen LogP contribution in [-0.4, -0.2) is 11.6 Å².